The fourth-order valence-electron chi connectivity index (χ4n) is 3.80. The molecule has 1 aliphatic heterocycles. The van der Waals surface area contributed by atoms with Gasteiger partial charge in [-0.3, -0.25) is 4.79 Å². The van der Waals surface area contributed by atoms with Gasteiger partial charge in [0.1, 0.15) is 12.4 Å². The monoisotopic (exact) mass is 353 g/mol. The van der Waals surface area contributed by atoms with E-state index in [9.17, 15) is 4.79 Å². The van der Waals surface area contributed by atoms with Crippen molar-refractivity contribution in [2.45, 2.75) is 51.6 Å². The second-order valence-electron chi connectivity index (χ2n) is 6.70. The molecule has 0 saturated carbocycles. The van der Waals surface area contributed by atoms with Gasteiger partial charge >= 0.3 is 0 Å². The number of hydrogen-bond acceptors (Lipinski definition) is 5. The number of carbonyl (C=O) groups excluding carboxylic acids is 1. The van der Waals surface area contributed by atoms with E-state index in [1.165, 1.54) is 6.39 Å². The molecule has 1 unspecified atom stereocenters. The summed E-state index contributed by atoms with van der Waals surface area (Å²) in [5.41, 5.74) is 1.94. The van der Waals surface area contributed by atoms with E-state index in [1.54, 1.807) is 0 Å². The molecule has 1 aliphatic rings. The van der Waals surface area contributed by atoms with E-state index in [-0.39, 0.29) is 18.5 Å². The highest BCUT2D eigenvalue weighted by Crippen LogP contribution is 2.28. The van der Waals surface area contributed by atoms with Crippen LogP contribution in [0.25, 0.3) is 11.0 Å². The number of amides is 1. The van der Waals surface area contributed by atoms with E-state index >= 15 is 0 Å². The van der Waals surface area contributed by atoms with Crippen LogP contribution in [0.15, 0.2) is 35.2 Å². The molecule has 3 heterocycles. The minimum Gasteiger partial charge on any atom is -0.343 e. The van der Waals surface area contributed by atoms with Crippen molar-refractivity contribution >= 4 is 16.9 Å². The molecule has 0 N–H and O–H groups in total. The van der Waals surface area contributed by atoms with Crippen LogP contribution in [-0.4, -0.2) is 37.0 Å². The first-order valence-corrected chi connectivity index (χ1v) is 9.27. The third kappa shape index (κ3) is 3.09. The molecule has 4 rings (SSSR count). The van der Waals surface area contributed by atoms with Gasteiger partial charge < -0.3 is 14.0 Å². The minimum atomic E-state index is -0.108. The van der Waals surface area contributed by atoms with Gasteiger partial charge in [0.2, 0.25) is 12.3 Å². The summed E-state index contributed by atoms with van der Waals surface area (Å²) in [6.07, 6.45) is 6.18. The number of aromatic nitrogens is 4. The highest BCUT2D eigenvalue weighted by Gasteiger charge is 2.30. The van der Waals surface area contributed by atoms with E-state index in [0.29, 0.717) is 5.82 Å². The number of aryl methyl sites for hydroxylation is 1. The molecule has 2 aromatic heterocycles. The molecule has 7 nitrogen and oxygen atoms in total. The van der Waals surface area contributed by atoms with Crippen LogP contribution < -0.4 is 0 Å². The smallest absolute Gasteiger partial charge is 0.243 e. The number of nitrogens with zero attached hydrogens (tertiary/aromatic N) is 5. The van der Waals surface area contributed by atoms with Crippen molar-refractivity contribution in [2.24, 2.45) is 0 Å². The van der Waals surface area contributed by atoms with E-state index in [2.05, 4.69) is 22.0 Å². The van der Waals surface area contributed by atoms with E-state index in [1.807, 2.05) is 33.7 Å². The summed E-state index contributed by atoms with van der Waals surface area (Å²) < 4.78 is 6.96. The van der Waals surface area contributed by atoms with Gasteiger partial charge in [-0.25, -0.2) is 4.98 Å². The van der Waals surface area contributed by atoms with Crippen molar-refractivity contribution in [3.8, 4) is 0 Å². The zero-order chi connectivity index (χ0) is 17.9. The highest BCUT2D eigenvalue weighted by molar-refractivity contribution is 5.81. The number of fused-ring (bicyclic) bond motifs is 1. The van der Waals surface area contributed by atoms with Gasteiger partial charge in [-0.05, 0) is 25.0 Å². The second-order valence-corrected chi connectivity index (χ2v) is 6.70. The van der Waals surface area contributed by atoms with Gasteiger partial charge in [0, 0.05) is 13.0 Å². The van der Waals surface area contributed by atoms with Crippen molar-refractivity contribution in [3.05, 3.63) is 42.3 Å². The predicted octanol–water partition coefficient (Wildman–Crippen LogP) is 3.13. The topological polar surface area (TPSA) is 77.0 Å². The summed E-state index contributed by atoms with van der Waals surface area (Å²) >= 11 is 0. The summed E-state index contributed by atoms with van der Waals surface area (Å²) in [7, 11) is 0. The summed E-state index contributed by atoms with van der Waals surface area (Å²) in [4.78, 5) is 24.0. The van der Waals surface area contributed by atoms with Crippen molar-refractivity contribution in [3.63, 3.8) is 0 Å². The fourth-order valence-corrected chi connectivity index (χ4v) is 3.80. The number of likely N-dealkylation sites (tertiary alicyclic amines) is 1. The van der Waals surface area contributed by atoms with Crippen LogP contribution in [0.2, 0.25) is 0 Å². The van der Waals surface area contributed by atoms with Crippen molar-refractivity contribution < 1.29 is 9.32 Å². The molecule has 136 valence electrons. The standard InChI is InChI=1S/C19H23N5O2/c1-2-17-21-14-8-5-6-9-15(14)24(17)12-18(25)23-11-7-3-4-10-16(23)19-20-13-26-22-19/h5-6,8-9,13,16H,2-4,7,10-12H2,1H3. The highest BCUT2D eigenvalue weighted by atomic mass is 16.5. The first-order chi connectivity index (χ1) is 12.8. The predicted molar refractivity (Wildman–Crippen MR) is 96.3 cm³/mol. The normalized spacial score (nSPS) is 18.2. The van der Waals surface area contributed by atoms with E-state index in [4.69, 9.17) is 4.52 Å². The van der Waals surface area contributed by atoms with Crippen LogP contribution in [0.3, 0.4) is 0 Å². The molecule has 1 saturated heterocycles. The Labute approximate surface area is 152 Å². The summed E-state index contributed by atoms with van der Waals surface area (Å²) in [6, 6.07) is 7.86. The Kier molecular flexibility index (Phi) is 4.69. The molecule has 7 heteroatoms. The van der Waals surface area contributed by atoms with Crippen molar-refractivity contribution in [2.75, 3.05) is 6.54 Å². The molecule has 0 bridgehead atoms. The Morgan fingerprint density at radius 2 is 2.15 bits per heavy atom. The summed E-state index contributed by atoms with van der Waals surface area (Å²) in [6.45, 7) is 3.08. The SMILES string of the molecule is CCc1nc2ccccc2n1CC(=O)N1CCCCCC1c1ncon1. The van der Waals surface area contributed by atoms with Gasteiger partial charge in [0.05, 0.1) is 17.1 Å². The molecule has 1 atom stereocenters. The molecular formula is C19H23N5O2. The third-order valence-corrected chi connectivity index (χ3v) is 5.09. The zero-order valence-corrected chi connectivity index (χ0v) is 15.0. The first-order valence-electron chi connectivity index (χ1n) is 9.27. The largest absolute Gasteiger partial charge is 0.343 e. The lowest BCUT2D eigenvalue weighted by Crippen LogP contribution is -2.37. The molecule has 1 amide bonds. The quantitative estimate of drug-likeness (QED) is 0.720. The molecule has 0 spiro atoms. The maximum atomic E-state index is 13.2. The Hall–Kier alpha value is -2.70. The van der Waals surface area contributed by atoms with Crippen LogP contribution in [0.5, 0.6) is 0 Å². The van der Waals surface area contributed by atoms with Gasteiger partial charge in [-0.15, -0.1) is 0 Å². The van der Waals surface area contributed by atoms with Gasteiger partial charge in [-0.2, -0.15) is 4.98 Å². The number of para-hydroxylation sites is 2. The van der Waals surface area contributed by atoms with Crippen LogP contribution in [0.4, 0.5) is 0 Å². The van der Waals surface area contributed by atoms with Gasteiger partial charge in [0.25, 0.3) is 0 Å². The molecule has 1 fully saturated rings. The van der Waals surface area contributed by atoms with Gasteiger partial charge in [0.15, 0.2) is 5.82 Å². The minimum absolute atomic E-state index is 0.0829. The van der Waals surface area contributed by atoms with Crippen LogP contribution in [0.1, 0.15) is 50.3 Å². The maximum Gasteiger partial charge on any atom is 0.243 e. The van der Waals surface area contributed by atoms with Crippen LogP contribution >= 0.6 is 0 Å². The second kappa shape index (κ2) is 7.27. The summed E-state index contributed by atoms with van der Waals surface area (Å²) in [5.74, 6) is 1.62. The first kappa shape index (κ1) is 16.8. The number of imidazole rings is 1. The van der Waals surface area contributed by atoms with E-state index < -0.39 is 0 Å². The average Bonchev–Trinajstić information content (AvgIpc) is 3.24. The van der Waals surface area contributed by atoms with Crippen molar-refractivity contribution in [1.82, 2.24) is 24.6 Å². The van der Waals surface area contributed by atoms with E-state index in [0.717, 1.165) is 55.5 Å². The number of carbonyl (C=O) groups is 1. The Morgan fingerprint density at radius 1 is 1.27 bits per heavy atom. The lowest BCUT2D eigenvalue weighted by molar-refractivity contribution is -0.134. The Balaban J connectivity index is 1.64. The van der Waals surface area contributed by atoms with Crippen LogP contribution in [0, 0.1) is 0 Å². The lowest BCUT2D eigenvalue weighted by atomic mass is 10.1. The van der Waals surface area contributed by atoms with Crippen LogP contribution in [-0.2, 0) is 17.8 Å². The lowest BCUT2D eigenvalue weighted by Gasteiger charge is -2.28. The van der Waals surface area contributed by atoms with Crippen molar-refractivity contribution in [1.29, 1.82) is 0 Å². The Morgan fingerprint density at radius 3 is 2.96 bits per heavy atom. The molecule has 3 aromatic rings. The average molecular weight is 353 g/mol. The fraction of sp³-hybridized carbons (Fsp3) is 0.474. The molecular weight excluding hydrogens is 330 g/mol. The maximum absolute atomic E-state index is 13.2. The van der Waals surface area contributed by atoms with Gasteiger partial charge in [-0.1, -0.05) is 37.1 Å². The number of benzene rings is 1. The Bertz CT molecular complexity index is 887. The molecule has 0 aliphatic carbocycles. The third-order valence-electron chi connectivity index (χ3n) is 5.09. The molecule has 1 aromatic carbocycles. The number of hydrogen-bond donors (Lipinski definition) is 0. The summed E-state index contributed by atoms with van der Waals surface area (Å²) in [5, 5.41) is 4.00. The molecule has 0 radical (unpaired) electrons. The molecule has 26 heavy (non-hydrogen) atoms. The number of rotatable bonds is 4. The zero-order valence-electron chi connectivity index (χ0n) is 15.0.